The van der Waals surface area contributed by atoms with Gasteiger partial charge in [0.05, 0.1) is 11.9 Å². The zero-order chi connectivity index (χ0) is 12.7. The number of halogens is 1. The minimum absolute atomic E-state index is 0.213. The second kappa shape index (κ2) is 6.85. The van der Waals surface area contributed by atoms with Gasteiger partial charge >= 0.3 is 5.97 Å². The van der Waals surface area contributed by atoms with Crippen LogP contribution >= 0.6 is 0 Å². The highest BCUT2D eigenvalue weighted by molar-refractivity contribution is 5.87. The summed E-state index contributed by atoms with van der Waals surface area (Å²) in [5.41, 5.74) is 0.802. The summed E-state index contributed by atoms with van der Waals surface area (Å²) in [5, 5.41) is 11.8. The lowest BCUT2D eigenvalue weighted by molar-refractivity contribution is 0.0697. The van der Waals surface area contributed by atoms with Crippen molar-refractivity contribution >= 4 is 5.97 Å². The first-order valence-corrected chi connectivity index (χ1v) is 5.55. The molecule has 0 bridgehead atoms. The molecule has 5 heteroatoms. The molecule has 1 heterocycles. The number of aromatic nitrogens is 1. The molecule has 0 aliphatic rings. The van der Waals surface area contributed by atoms with E-state index in [1.165, 1.54) is 12.3 Å². The smallest absolute Gasteiger partial charge is 0.337 e. The summed E-state index contributed by atoms with van der Waals surface area (Å²) in [6.45, 7) is 3.71. The van der Waals surface area contributed by atoms with Gasteiger partial charge in [-0.2, -0.15) is 0 Å². The van der Waals surface area contributed by atoms with E-state index in [0.29, 0.717) is 25.0 Å². The molecule has 17 heavy (non-hydrogen) atoms. The molecule has 1 aromatic heterocycles. The predicted molar refractivity (Wildman–Crippen MR) is 63.7 cm³/mol. The predicted octanol–water partition coefficient (Wildman–Crippen LogP) is 2.04. The Morgan fingerprint density at radius 1 is 1.65 bits per heavy atom. The number of hydrogen-bond acceptors (Lipinski definition) is 2. The Hall–Kier alpha value is -1.62. The third-order valence-electron chi connectivity index (χ3n) is 2.32. The van der Waals surface area contributed by atoms with Crippen LogP contribution < -0.4 is 5.32 Å². The molecule has 1 rings (SSSR count). The summed E-state index contributed by atoms with van der Waals surface area (Å²) in [6.07, 6.45) is 4.69. The topological polar surface area (TPSA) is 54.3 Å². The Kier molecular flexibility index (Phi) is 5.42. The van der Waals surface area contributed by atoms with Gasteiger partial charge in [0.2, 0.25) is 0 Å². The Labute approximate surface area is 99.8 Å². The number of carboxylic acid groups (broad SMARTS) is 1. The first-order chi connectivity index (χ1) is 8.17. The van der Waals surface area contributed by atoms with Crippen molar-refractivity contribution in [2.24, 2.45) is 0 Å². The Balaban J connectivity index is 2.52. The van der Waals surface area contributed by atoms with E-state index in [-0.39, 0.29) is 5.56 Å². The average molecular weight is 240 g/mol. The van der Waals surface area contributed by atoms with Crippen molar-refractivity contribution in [3.05, 3.63) is 35.9 Å². The lowest BCUT2D eigenvalue weighted by Gasteiger charge is -2.08. The van der Waals surface area contributed by atoms with Gasteiger partial charge in [0, 0.05) is 25.5 Å². The van der Waals surface area contributed by atoms with E-state index >= 15 is 0 Å². The number of nitrogens with one attached hydrogen (secondary N) is 1. The van der Waals surface area contributed by atoms with E-state index in [2.05, 4.69) is 5.32 Å². The second-order valence-corrected chi connectivity index (χ2v) is 3.82. The Morgan fingerprint density at radius 2 is 2.41 bits per heavy atom. The molecule has 0 saturated heterocycles. The van der Waals surface area contributed by atoms with Crippen molar-refractivity contribution in [1.29, 1.82) is 0 Å². The number of nitrogens with zero attached hydrogens (tertiary/aromatic N) is 1. The molecule has 0 atom stereocenters. The van der Waals surface area contributed by atoms with Gasteiger partial charge in [-0.05, 0) is 24.6 Å². The largest absolute Gasteiger partial charge is 0.478 e. The molecule has 0 aliphatic carbocycles. The second-order valence-electron chi connectivity index (χ2n) is 3.82. The molecule has 1 aromatic rings. The van der Waals surface area contributed by atoms with E-state index in [1.54, 1.807) is 10.8 Å². The van der Waals surface area contributed by atoms with E-state index < -0.39 is 5.97 Å². The number of hydrogen-bond donors (Lipinski definition) is 2. The van der Waals surface area contributed by atoms with Crippen LogP contribution in [0.1, 0.15) is 23.7 Å². The van der Waals surface area contributed by atoms with E-state index in [4.69, 9.17) is 5.11 Å². The van der Waals surface area contributed by atoms with Gasteiger partial charge in [0.1, 0.15) is 0 Å². The van der Waals surface area contributed by atoms with Crippen LogP contribution in [-0.2, 0) is 6.54 Å². The summed E-state index contributed by atoms with van der Waals surface area (Å²) in [6, 6.07) is 1.50. The van der Waals surface area contributed by atoms with E-state index in [9.17, 15) is 9.18 Å². The van der Waals surface area contributed by atoms with Crippen LogP contribution in [0.4, 0.5) is 4.39 Å². The third kappa shape index (κ3) is 4.40. The fourth-order valence-corrected chi connectivity index (χ4v) is 1.45. The normalized spacial score (nSPS) is 11.8. The molecule has 0 radical (unpaired) electrons. The van der Waals surface area contributed by atoms with Crippen LogP contribution in [0.3, 0.4) is 0 Å². The van der Waals surface area contributed by atoms with Crippen LogP contribution in [-0.4, -0.2) is 28.7 Å². The van der Waals surface area contributed by atoms with Gasteiger partial charge in [0.25, 0.3) is 0 Å². The zero-order valence-electron chi connectivity index (χ0n) is 9.82. The molecule has 0 aliphatic heterocycles. The fraction of sp³-hybridized carbons (Fsp3) is 0.417. The minimum atomic E-state index is -0.973. The maximum atomic E-state index is 12.6. The van der Waals surface area contributed by atoms with Crippen molar-refractivity contribution in [1.82, 2.24) is 9.88 Å². The third-order valence-corrected chi connectivity index (χ3v) is 2.32. The molecule has 0 aromatic carbocycles. The van der Waals surface area contributed by atoms with Gasteiger partial charge in [-0.25, -0.2) is 9.18 Å². The van der Waals surface area contributed by atoms with E-state index in [0.717, 1.165) is 13.0 Å². The van der Waals surface area contributed by atoms with Crippen LogP contribution in [0.5, 0.6) is 0 Å². The Bertz CT molecular complexity index is 399. The molecule has 4 nitrogen and oxygen atoms in total. The van der Waals surface area contributed by atoms with Crippen LogP contribution in [0.25, 0.3) is 0 Å². The van der Waals surface area contributed by atoms with Crippen LogP contribution in [0.2, 0.25) is 0 Å². The fourth-order valence-electron chi connectivity index (χ4n) is 1.45. The number of rotatable bonds is 7. The standard InChI is InChI=1S/C12H17FN2O2/c1-2-4-14-7-10(6-13)8-15-5-3-11(9-15)12(16)17/h3,5-6,9,14H,2,4,7-8H2,1H3,(H,16,17)/b10-6+. The quantitative estimate of drug-likeness (QED) is 0.717. The molecular formula is C12H17FN2O2. The summed E-state index contributed by atoms with van der Waals surface area (Å²) in [4.78, 5) is 10.7. The highest BCUT2D eigenvalue weighted by atomic mass is 19.1. The minimum Gasteiger partial charge on any atom is -0.478 e. The number of carboxylic acids is 1. The van der Waals surface area contributed by atoms with Gasteiger partial charge in [-0.15, -0.1) is 0 Å². The molecule has 0 amide bonds. The van der Waals surface area contributed by atoms with E-state index in [1.807, 2.05) is 6.92 Å². The molecule has 0 saturated carbocycles. The van der Waals surface area contributed by atoms with Crippen LogP contribution in [0, 0.1) is 0 Å². The first-order valence-electron chi connectivity index (χ1n) is 5.55. The SMILES string of the molecule is CCCNC/C(=C\F)Cn1ccc(C(=O)O)c1. The summed E-state index contributed by atoms with van der Waals surface area (Å²) in [5.74, 6) is -0.973. The summed E-state index contributed by atoms with van der Waals surface area (Å²) in [7, 11) is 0. The number of carbonyl (C=O) groups is 1. The van der Waals surface area contributed by atoms with Crippen molar-refractivity contribution < 1.29 is 14.3 Å². The lowest BCUT2D eigenvalue weighted by atomic mass is 10.3. The van der Waals surface area contributed by atoms with Crippen molar-refractivity contribution in [2.75, 3.05) is 13.1 Å². The highest BCUT2D eigenvalue weighted by Crippen LogP contribution is 2.05. The molecule has 0 spiro atoms. The maximum Gasteiger partial charge on any atom is 0.337 e. The average Bonchev–Trinajstić information content (AvgIpc) is 2.76. The molecule has 2 N–H and O–H groups in total. The summed E-state index contributed by atoms with van der Waals surface area (Å²) < 4.78 is 14.3. The monoisotopic (exact) mass is 240 g/mol. The van der Waals surface area contributed by atoms with Gasteiger partial charge in [-0.1, -0.05) is 6.92 Å². The Morgan fingerprint density at radius 3 is 2.94 bits per heavy atom. The maximum absolute atomic E-state index is 12.6. The van der Waals surface area contributed by atoms with Crippen LogP contribution in [0.15, 0.2) is 30.4 Å². The molecule has 0 fully saturated rings. The highest BCUT2D eigenvalue weighted by Gasteiger charge is 2.05. The van der Waals surface area contributed by atoms with Crippen molar-refractivity contribution in [2.45, 2.75) is 19.9 Å². The molecule has 0 unspecified atom stereocenters. The van der Waals surface area contributed by atoms with Gasteiger partial charge in [0.15, 0.2) is 0 Å². The van der Waals surface area contributed by atoms with Crippen molar-refractivity contribution in [3.63, 3.8) is 0 Å². The lowest BCUT2D eigenvalue weighted by Crippen LogP contribution is -2.19. The molecule has 94 valence electrons. The van der Waals surface area contributed by atoms with Crippen molar-refractivity contribution in [3.8, 4) is 0 Å². The first kappa shape index (κ1) is 13.4. The number of aromatic carboxylic acids is 1. The summed E-state index contributed by atoms with van der Waals surface area (Å²) >= 11 is 0. The zero-order valence-corrected chi connectivity index (χ0v) is 9.82. The molecular weight excluding hydrogens is 223 g/mol. The van der Waals surface area contributed by atoms with Gasteiger partial charge in [-0.3, -0.25) is 0 Å². The van der Waals surface area contributed by atoms with Gasteiger partial charge < -0.3 is 15.0 Å².